The molecule has 0 bridgehead atoms. The summed E-state index contributed by atoms with van der Waals surface area (Å²) in [6.07, 6.45) is 0.307. The molecule has 1 aromatic heterocycles. The number of aliphatic carboxylic acids is 1. The van der Waals surface area contributed by atoms with Crippen LogP contribution in [0.25, 0.3) is 11.0 Å². The van der Waals surface area contributed by atoms with Gasteiger partial charge in [-0.05, 0) is 75.8 Å². The second-order valence-corrected chi connectivity index (χ2v) is 11.1. The highest BCUT2D eigenvalue weighted by Crippen LogP contribution is 2.25. The third-order valence-electron chi connectivity index (χ3n) is 6.99. The van der Waals surface area contributed by atoms with Crippen LogP contribution in [0, 0.1) is 11.7 Å². The number of amides is 2. The van der Waals surface area contributed by atoms with Crippen molar-refractivity contribution >= 4 is 34.8 Å². The molecule has 2 aromatic carbocycles. The molecule has 230 valence electrons. The van der Waals surface area contributed by atoms with Crippen molar-refractivity contribution < 1.29 is 38.5 Å². The lowest BCUT2D eigenvalue weighted by Crippen LogP contribution is -2.46. The molecule has 0 saturated heterocycles. The van der Waals surface area contributed by atoms with Crippen LogP contribution < -0.4 is 11.1 Å². The molecule has 0 radical (unpaired) electrons. The Bertz CT molecular complexity index is 1450. The number of esters is 1. The van der Waals surface area contributed by atoms with E-state index < -0.39 is 53.2 Å². The Morgan fingerprint density at radius 1 is 1.07 bits per heavy atom. The first kappa shape index (κ1) is 33.1. The van der Waals surface area contributed by atoms with Crippen molar-refractivity contribution in [2.45, 2.75) is 76.5 Å². The number of ether oxygens (including phenoxy) is 1. The first-order valence-corrected chi connectivity index (χ1v) is 14.0. The number of para-hydroxylation sites is 2. The van der Waals surface area contributed by atoms with Crippen molar-refractivity contribution in [3.63, 3.8) is 0 Å². The van der Waals surface area contributed by atoms with E-state index in [2.05, 4.69) is 15.3 Å². The Morgan fingerprint density at radius 2 is 1.79 bits per heavy atom. The predicted molar refractivity (Wildman–Crippen MR) is 155 cm³/mol. The number of carbonyl (C=O) groups is 4. The van der Waals surface area contributed by atoms with Gasteiger partial charge in [-0.15, -0.1) is 0 Å². The summed E-state index contributed by atoms with van der Waals surface area (Å²) in [7, 11) is 0. The fourth-order valence-corrected chi connectivity index (χ4v) is 4.66. The highest BCUT2D eigenvalue weighted by Gasteiger charge is 2.31. The van der Waals surface area contributed by atoms with Gasteiger partial charge < -0.3 is 26.0 Å². The third kappa shape index (κ3) is 10.7. The smallest absolute Gasteiger partial charge is 0.306 e. The number of benzene rings is 2. The number of nitrogens with zero attached hydrogens (tertiary/aromatic N) is 2. The molecule has 0 saturated carbocycles. The van der Waals surface area contributed by atoms with E-state index in [0.717, 1.165) is 0 Å². The number of carboxylic acid groups (broad SMARTS) is 1. The minimum absolute atomic E-state index is 0.0218. The molecule has 3 atom stereocenters. The lowest BCUT2D eigenvalue weighted by atomic mass is 9.87. The van der Waals surface area contributed by atoms with Gasteiger partial charge in [-0.2, -0.15) is 0 Å². The number of hydrogen-bond acceptors (Lipinski definition) is 8. The highest BCUT2D eigenvalue weighted by molar-refractivity contribution is 5.94. The standard InChI is InChI=1S/C31H37FN4O7/c1-31(2,43-28(40)12-6-11-27(38)39)14-13-20(29(33)41)17-26(37)24(16-19-7-5-8-21(32)15-19)36-30(42)25-18-34-22-9-3-4-10-23(22)35-25/h3-5,7-10,15,18,20,24,26,37H,6,11-14,16-17H2,1-2H3,(H2,33,41)(H,36,42)(H,38,39). The van der Waals surface area contributed by atoms with Crippen LogP contribution in [0.1, 0.15) is 68.4 Å². The second kappa shape index (κ2) is 15.1. The van der Waals surface area contributed by atoms with Gasteiger partial charge in [0.2, 0.25) is 5.91 Å². The molecule has 3 unspecified atom stereocenters. The van der Waals surface area contributed by atoms with Crippen molar-refractivity contribution in [2.24, 2.45) is 11.7 Å². The number of rotatable bonds is 16. The Labute approximate surface area is 248 Å². The molecule has 12 heteroatoms. The summed E-state index contributed by atoms with van der Waals surface area (Å²) in [5.41, 5.74) is 6.33. The van der Waals surface area contributed by atoms with E-state index in [4.69, 9.17) is 15.6 Å². The number of carboxylic acids is 1. The highest BCUT2D eigenvalue weighted by atomic mass is 19.1. The lowest BCUT2D eigenvalue weighted by Gasteiger charge is -2.29. The minimum atomic E-state index is -1.26. The Balaban J connectivity index is 1.71. The molecule has 0 spiro atoms. The molecule has 11 nitrogen and oxygen atoms in total. The summed E-state index contributed by atoms with van der Waals surface area (Å²) >= 11 is 0. The van der Waals surface area contributed by atoms with Gasteiger partial charge in [0.1, 0.15) is 17.1 Å². The maximum Gasteiger partial charge on any atom is 0.306 e. The summed E-state index contributed by atoms with van der Waals surface area (Å²) < 4.78 is 19.4. The average molecular weight is 597 g/mol. The van der Waals surface area contributed by atoms with Crippen molar-refractivity contribution in [3.05, 3.63) is 71.8 Å². The van der Waals surface area contributed by atoms with Gasteiger partial charge in [0.15, 0.2) is 0 Å². The molecule has 0 fully saturated rings. The van der Waals surface area contributed by atoms with Crippen molar-refractivity contribution in [3.8, 4) is 0 Å². The van der Waals surface area contributed by atoms with Gasteiger partial charge in [0.05, 0.1) is 29.4 Å². The van der Waals surface area contributed by atoms with Gasteiger partial charge in [0, 0.05) is 18.8 Å². The molecule has 43 heavy (non-hydrogen) atoms. The second-order valence-electron chi connectivity index (χ2n) is 11.1. The van der Waals surface area contributed by atoms with Crippen LogP contribution in [0.5, 0.6) is 0 Å². The van der Waals surface area contributed by atoms with E-state index in [9.17, 15) is 28.7 Å². The summed E-state index contributed by atoms with van der Waals surface area (Å²) in [6.45, 7) is 3.32. The van der Waals surface area contributed by atoms with Gasteiger partial charge in [-0.25, -0.2) is 9.37 Å². The number of nitrogens with two attached hydrogens (primary N) is 1. The van der Waals surface area contributed by atoms with Gasteiger partial charge in [-0.1, -0.05) is 24.3 Å². The summed E-state index contributed by atoms with van der Waals surface area (Å²) in [6, 6.07) is 11.8. The fourth-order valence-electron chi connectivity index (χ4n) is 4.66. The van der Waals surface area contributed by atoms with Crippen LogP contribution in [0.15, 0.2) is 54.7 Å². The number of aliphatic hydroxyl groups is 1. The molecule has 1 heterocycles. The molecule has 0 aliphatic rings. The summed E-state index contributed by atoms with van der Waals surface area (Å²) in [4.78, 5) is 57.0. The number of nitrogens with one attached hydrogen (secondary N) is 1. The number of hydrogen-bond donors (Lipinski definition) is 4. The van der Waals surface area contributed by atoms with Crippen LogP contribution in [0.3, 0.4) is 0 Å². The minimum Gasteiger partial charge on any atom is -0.481 e. The Kier molecular flexibility index (Phi) is 11.6. The summed E-state index contributed by atoms with van der Waals surface area (Å²) in [5.74, 6) is -4.17. The van der Waals surface area contributed by atoms with Crippen LogP contribution >= 0.6 is 0 Å². The zero-order chi connectivity index (χ0) is 31.6. The van der Waals surface area contributed by atoms with E-state index in [1.54, 1.807) is 44.2 Å². The third-order valence-corrected chi connectivity index (χ3v) is 6.99. The number of halogens is 1. The number of fused-ring (bicyclic) bond motifs is 1. The van der Waals surface area contributed by atoms with Crippen molar-refractivity contribution in [2.75, 3.05) is 0 Å². The first-order chi connectivity index (χ1) is 20.3. The molecule has 0 aliphatic carbocycles. The Morgan fingerprint density at radius 3 is 2.47 bits per heavy atom. The number of carbonyl (C=O) groups excluding carboxylic acids is 3. The molecule has 3 rings (SSSR count). The fraction of sp³-hybridized carbons (Fsp3) is 0.419. The zero-order valence-corrected chi connectivity index (χ0v) is 24.2. The van der Waals surface area contributed by atoms with Crippen LogP contribution in [0.2, 0.25) is 0 Å². The normalized spacial score (nSPS) is 13.6. The lowest BCUT2D eigenvalue weighted by molar-refractivity contribution is -0.157. The van der Waals surface area contributed by atoms with Crippen molar-refractivity contribution in [1.82, 2.24) is 15.3 Å². The van der Waals surface area contributed by atoms with E-state index in [0.29, 0.717) is 16.6 Å². The van der Waals surface area contributed by atoms with E-state index >= 15 is 0 Å². The Hall–Kier alpha value is -4.45. The van der Waals surface area contributed by atoms with Gasteiger partial charge in [-0.3, -0.25) is 24.2 Å². The molecule has 3 aromatic rings. The van der Waals surface area contributed by atoms with E-state index in [1.807, 2.05) is 0 Å². The van der Waals surface area contributed by atoms with Crippen molar-refractivity contribution in [1.29, 1.82) is 0 Å². The summed E-state index contributed by atoms with van der Waals surface area (Å²) in [5, 5.41) is 22.8. The number of aromatic nitrogens is 2. The van der Waals surface area contributed by atoms with Crippen LogP contribution in [0.4, 0.5) is 4.39 Å². The average Bonchev–Trinajstić information content (AvgIpc) is 2.93. The maximum atomic E-state index is 13.9. The first-order valence-electron chi connectivity index (χ1n) is 14.0. The maximum absolute atomic E-state index is 13.9. The van der Waals surface area contributed by atoms with E-state index in [-0.39, 0.29) is 50.6 Å². The van der Waals surface area contributed by atoms with Gasteiger partial charge >= 0.3 is 11.9 Å². The quantitative estimate of drug-likeness (QED) is 0.180. The van der Waals surface area contributed by atoms with Crippen LogP contribution in [-0.4, -0.2) is 61.7 Å². The molecular weight excluding hydrogens is 559 g/mol. The monoisotopic (exact) mass is 596 g/mol. The van der Waals surface area contributed by atoms with E-state index in [1.165, 1.54) is 24.4 Å². The molecule has 2 amide bonds. The zero-order valence-electron chi connectivity index (χ0n) is 24.2. The molecular formula is C31H37FN4O7. The number of primary amides is 1. The molecule has 5 N–H and O–H groups in total. The SMILES string of the molecule is CC(C)(CCC(CC(O)C(Cc1cccc(F)c1)NC(=O)c1cnc2ccccc2n1)C(N)=O)OC(=O)CCCC(=O)O. The van der Waals surface area contributed by atoms with Crippen LogP contribution in [-0.2, 0) is 25.5 Å². The molecule has 0 aliphatic heterocycles. The largest absolute Gasteiger partial charge is 0.481 e. The topological polar surface area (TPSA) is 182 Å². The predicted octanol–water partition coefficient (Wildman–Crippen LogP) is 3.32. The number of aliphatic hydroxyl groups excluding tert-OH is 1. The van der Waals surface area contributed by atoms with Gasteiger partial charge in [0.25, 0.3) is 5.91 Å².